The molecule has 0 nitrogen and oxygen atoms in total. The van der Waals surface area contributed by atoms with Crippen molar-refractivity contribution in [2.75, 3.05) is 0 Å². The first-order chi connectivity index (χ1) is 4.83. The normalized spacial score (nSPS) is 32.9. The average Bonchev–Trinajstić information content (AvgIpc) is 1.88. The third-order valence-corrected chi connectivity index (χ3v) is 2.33. The van der Waals surface area contributed by atoms with Gasteiger partial charge >= 0.3 is 0 Å². The molecule has 56 valence electrons. The van der Waals surface area contributed by atoms with E-state index in [-0.39, 0.29) is 0 Å². The highest BCUT2D eigenvalue weighted by molar-refractivity contribution is 4.87. The molecular weight excluding hydrogens is 120 g/mol. The molecular formula is C10H16. The Labute approximate surface area is 63.6 Å². The minimum Gasteiger partial charge on any atom is -0.133 e. The van der Waals surface area contributed by atoms with Crippen LogP contribution in [0.2, 0.25) is 0 Å². The van der Waals surface area contributed by atoms with Gasteiger partial charge in [-0.05, 0) is 30.8 Å². The van der Waals surface area contributed by atoms with E-state index in [1.54, 1.807) is 0 Å². The minimum absolute atomic E-state index is 0.779. The molecule has 0 bridgehead atoms. The molecule has 0 amide bonds. The van der Waals surface area contributed by atoms with Crippen molar-refractivity contribution >= 4 is 0 Å². The quantitative estimate of drug-likeness (QED) is 0.486. The zero-order valence-electron chi connectivity index (χ0n) is 6.77. The Morgan fingerprint density at radius 3 is 2.90 bits per heavy atom. The maximum absolute atomic E-state index is 3.60. The second-order valence-corrected chi connectivity index (χ2v) is 3.40. The van der Waals surface area contributed by atoms with Crippen LogP contribution in [0.1, 0.15) is 32.6 Å². The van der Waals surface area contributed by atoms with E-state index in [9.17, 15) is 0 Å². The van der Waals surface area contributed by atoms with E-state index in [0.29, 0.717) is 0 Å². The zero-order chi connectivity index (χ0) is 7.40. The topological polar surface area (TPSA) is 0 Å². The maximum Gasteiger partial charge on any atom is -0.0155 e. The summed E-state index contributed by atoms with van der Waals surface area (Å²) in [5.41, 5.74) is 2.88. The molecule has 0 heteroatoms. The summed E-state index contributed by atoms with van der Waals surface area (Å²) in [7, 11) is 0. The standard InChI is InChI=1S/C10H16/c1-3-5-10-7-4-6-9(2)8-10/h5,9-10H,1,4,6-8H2,2H3. The van der Waals surface area contributed by atoms with Crippen LogP contribution in [0.15, 0.2) is 18.4 Å². The van der Waals surface area contributed by atoms with Crippen LogP contribution in [0, 0.1) is 11.8 Å². The first-order valence-corrected chi connectivity index (χ1v) is 4.19. The lowest BCUT2D eigenvalue weighted by Gasteiger charge is -2.23. The summed E-state index contributed by atoms with van der Waals surface area (Å²) < 4.78 is 0. The van der Waals surface area contributed by atoms with Crippen LogP contribution in [0.5, 0.6) is 0 Å². The maximum atomic E-state index is 3.60. The molecule has 0 N–H and O–H groups in total. The Balaban J connectivity index is 2.39. The first-order valence-electron chi connectivity index (χ1n) is 4.19. The van der Waals surface area contributed by atoms with Gasteiger partial charge in [0.15, 0.2) is 0 Å². The Morgan fingerprint density at radius 2 is 2.30 bits per heavy atom. The van der Waals surface area contributed by atoms with Crippen molar-refractivity contribution in [3.8, 4) is 0 Å². The monoisotopic (exact) mass is 136 g/mol. The van der Waals surface area contributed by atoms with E-state index in [1.807, 2.05) is 0 Å². The highest BCUT2D eigenvalue weighted by Gasteiger charge is 2.15. The molecule has 0 aromatic heterocycles. The summed E-state index contributed by atoms with van der Waals surface area (Å²) in [6.07, 6.45) is 7.65. The van der Waals surface area contributed by atoms with Crippen molar-refractivity contribution in [2.45, 2.75) is 32.6 Å². The van der Waals surface area contributed by atoms with Gasteiger partial charge in [-0.2, -0.15) is 0 Å². The van der Waals surface area contributed by atoms with Gasteiger partial charge in [0.2, 0.25) is 0 Å². The molecule has 0 heterocycles. The molecule has 1 saturated carbocycles. The van der Waals surface area contributed by atoms with Gasteiger partial charge in [0, 0.05) is 0 Å². The van der Waals surface area contributed by atoms with Gasteiger partial charge in [0.1, 0.15) is 0 Å². The Bertz CT molecular complexity index is 140. The summed E-state index contributed by atoms with van der Waals surface area (Å²) >= 11 is 0. The fourth-order valence-electron chi connectivity index (χ4n) is 1.80. The molecule has 0 aliphatic heterocycles. The lowest BCUT2D eigenvalue weighted by molar-refractivity contribution is 0.325. The van der Waals surface area contributed by atoms with Gasteiger partial charge < -0.3 is 0 Å². The Kier molecular flexibility index (Phi) is 2.77. The van der Waals surface area contributed by atoms with Crippen LogP contribution in [0.3, 0.4) is 0 Å². The molecule has 2 unspecified atom stereocenters. The molecule has 0 saturated heterocycles. The number of allylic oxidation sites excluding steroid dienone is 1. The van der Waals surface area contributed by atoms with Crippen LogP contribution in [0.25, 0.3) is 0 Å². The second-order valence-electron chi connectivity index (χ2n) is 3.40. The van der Waals surface area contributed by atoms with Crippen molar-refractivity contribution in [1.82, 2.24) is 0 Å². The van der Waals surface area contributed by atoms with Crippen LogP contribution in [-0.2, 0) is 0 Å². The van der Waals surface area contributed by atoms with Crippen molar-refractivity contribution in [2.24, 2.45) is 11.8 Å². The third kappa shape index (κ3) is 2.04. The molecule has 1 rings (SSSR count). The summed E-state index contributed by atoms with van der Waals surface area (Å²) in [6.45, 7) is 5.94. The van der Waals surface area contributed by atoms with E-state index in [2.05, 4.69) is 25.3 Å². The van der Waals surface area contributed by atoms with E-state index in [0.717, 1.165) is 11.8 Å². The summed E-state index contributed by atoms with van der Waals surface area (Å²) in [5.74, 6) is 1.70. The highest BCUT2D eigenvalue weighted by atomic mass is 14.2. The van der Waals surface area contributed by atoms with Gasteiger partial charge in [0.05, 0.1) is 0 Å². The Morgan fingerprint density at radius 1 is 1.50 bits per heavy atom. The van der Waals surface area contributed by atoms with Gasteiger partial charge in [-0.1, -0.05) is 26.3 Å². The average molecular weight is 136 g/mol. The van der Waals surface area contributed by atoms with Crippen molar-refractivity contribution in [1.29, 1.82) is 0 Å². The van der Waals surface area contributed by atoms with Gasteiger partial charge in [-0.3, -0.25) is 0 Å². The molecule has 1 aliphatic rings. The molecule has 10 heavy (non-hydrogen) atoms. The smallest absolute Gasteiger partial charge is 0.0155 e. The van der Waals surface area contributed by atoms with E-state index in [1.165, 1.54) is 25.7 Å². The van der Waals surface area contributed by atoms with Gasteiger partial charge in [-0.15, -0.1) is 5.73 Å². The van der Waals surface area contributed by atoms with E-state index in [4.69, 9.17) is 0 Å². The predicted octanol–water partition coefficient (Wildman–Crippen LogP) is 3.15. The third-order valence-electron chi connectivity index (χ3n) is 2.33. The summed E-state index contributed by atoms with van der Waals surface area (Å²) in [5, 5.41) is 0. The number of hydrogen-bond acceptors (Lipinski definition) is 0. The molecule has 2 atom stereocenters. The van der Waals surface area contributed by atoms with Crippen LogP contribution < -0.4 is 0 Å². The first kappa shape index (κ1) is 7.63. The predicted molar refractivity (Wildman–Crippen MR) is 44.8 cm³/mol. The lowest BCUT2D eigenvalue weighted by Crippen LogP contribution is -2.10. The fraction of sp³-hybridized carbons (Fsp3) is 0.700. The highest BCUT2D eigenvalue weighted by Crippen LogP contribution is 2.28. The van der Waals surface area contributed by atoms with Crippen molar-refractivity contribution < 1.29 is 0 Å². The molecule has 0 spiro atoms. The Hall–Kier alpha value is -0.480. The second kappa shape index (κ2) is 3.63. The molecule has 1 fully saturated rings. The molecule has 1 aliphatic carbocycles. The number of hydrogen-bond donors (Lipinski definition) is 0. The van der Waals surface area contributed by atoms with Crippen molar-refractivity contribution in [3.05, 3.63) is 18.4 Å². The molecule has 0 aromatic rings. The van der Waals surface area contributed by atoms with Crippen molar-refractivity contribution in [3.63, 3.8) is 0 Å². The molecule has 0 aromatic carbocycles. The minimum atomic E-state index is 0.779. The van der Waals surface area contributed by atoms with Crippen LogP contribution in [-0.4, -0.2) is 0 Å². The van der Waals surface area contributed by atoms with Gasteiger partial charge in [0.25, 0.3) is 0 Å². The summed E-state index contributed by atoms with van der Waals surface area (Å²) in [4.78, 5) is 0. The fourth-order valence-corrected chi connectivity index (χ4v) is 1.80. The van der Waals surface area contributed by atoms with Gasteiger partial charge in [-0.25, -0.2) is 0 Å². The van der Waals surface area contributed by atoms with E-state index >= 15 is 0 Å². The SMILES string of the molecule is C=C=CC1CCCC(C)C1. The lowest BCUT2D eigenvalue weighted by atomic mass is 9.82. The molecule has 0 radical (unpaired) electrons. The van der Waals surface area contributed by atoms with Crippen LogP contribution >= 0.6 is 0 Å². The number of rotatable bonds is 1. The summed E-state index contributed by atoms with van der Waals surface area (Å²) in [6, 6.07) is 0. The van der Waals surface area contributed by atoms with E-state index < -0.39 is 0 Å². The zero-order valence-corrected chi connectivity index (χ0v) is 6.77. The van der Waals surface area contributed by atoms with Crippen LogP contribution in [0.4, 0.5) is 0 Å². The largest absolute Gasteiger partial charge is 0.133 e.